The zero-order valence-corrected chi connectivity index (χ0v) is 7.43. The Morgan fingerprint density at radius 2 is 2.46 bits per heavy atom. The Labute approximate surface area is 76.6 Å². The summed E-state index contributed by atoms with van der Waals surface area (Å²) in [6.07, 6.45) is 4.22. The molecule has 1 heterocycles. The van der Waals surface area contributed by atoms with Crippen molar-refractivity contribution in [2.24, 2.45) is 11.6 Å². The van der Waals surface area contributed by atoms with Gasteiger partial charge in [-0.3, -0.25) is 5.01 Å². The normalized spacial score (nSPS) is 21.3. The third kappa shape index (κ3) is 2.07. The molecule has 0 aliphatic carbocycles. The molecular formula is C8H13N3O2. The molecule has 0 radical (unpaired) electrons. The van der Waals surface area contributed by atoms with Crippen LogP contribution in [0.5, 0.6) is 0 Å². The minimum absolute atomic E-state index is 0.331. The molecule has 5 nitrogen and oxygen atoms in total. The van der Waals surface area contributed by atoms with Gasteiger partial charge in [0.2, 0.25) is 0 Å². The number of carbonyl (C=O) groups excluding carboxylic acids is 1. The number of carbonyl (C=O) groups is 1. The third-order valence-corrected chi connectivity index (χ3v) is 1.68. The van der Waals surface area contributed by atoms with Crippen molar-refractivity contribution in [1.29, 1.82) is 0 Å². The van der Waals surface area contributed by atoms with Crippen molar-refractivity contribution in [2.75, 3.05) is 6.61 Å². The fourth-order valence-corrected chi connectivity index (χ4v) is 1.00. The van der Waals surface area contributed by atoms with Crippen LogP contribution in [0.1, 0.15) is 6.92 Å². The summed E-state index contributed by atoms with van der Waals surface area (Å²) in [6.45, 7) is 2.07. The summed E-state index contributed by atoms with van der Waals surface area (Å²) in [5.41, 5.74) is 6.00. The Bertz CT molecular complexity index is 260. The van der Waals surface area contributed by atoms with E-state index >= 15 is 0 Å². The molecule has 0 amide bonds. The summed E-state index contributed by atoms with van der Waals surface area (Å²) in [5.74, 6) is 5.05. The first-order valence-electron chi connectivity index (χ1n) is 4.01. The highest BCUT2D eigenvalue weighted by Crippen LogP contribution is 2.10. The third-order valence-electron chi connectivity index (χ3n) is 1.68. The van der Waals surface area contributed by atoms with Gasteiger partial charge in [-0.1, -0.05) is 0 Å². The van der Waals surface area contributed by atoms with Gasteiger partial charge in [0.05, 0.1) is 12.2 Å². The fourth-order valence-electron chi connectivity index (χ4n) is 1.00. The van der Waals surface area contributed by atoms with Gasteiger partial charge in [0, 0.05) is 6.20 Å². The molecule has 72 valence electrons. The number of hydrogen-bond donors (Lipinski definition) is 2. The Balaban J connectivity index is 2.73. The number of nitrogens with zero attached hydrogens (tertiary/aromatic N) is 1. The predicted molar refractivity (Wildman–Crippen MR) is 47.9 cm³/mol. The van der Waals surface area contributed by atoms with Gasteiger partial charge in [0.15, 0.2) is 0 Å². The largest absolute Gasteiger partial charge is 0.463 e. The molecule has 5 heteroatoms. The number of rotatable bonds is 2. The van der Waals surface area contributed by atoms with E-state index in [9.17, 15) is 4.79 Å². The number of esters is 1. The molecule has 0 aromatic heterocycles. The minimum atomic E-state index is -0.621. The molecule has 0 saturated carbocycles. The maximum Gasteiger partial charge on any atom is 0.337 e. The van der Waals surface area contributed by atoms with Crippen molar-refractivity contribution in [2.45, 2.75) is 13.1 Å². The van der Waals surface area contributed by atoms with E-state index in [1.165, 1.54) is 5.01 Å². The van der Waals surface area contributed by atoms with Gasteiger partial charge in [0.1, 0.15) is 6.17 Å². The summed E-state index contributed by atoms with van der Waals surface area (Å²) in [4.78, 5) is 11.3. The van der Waals surface area contributed by atoms with Gasteiger partial charge in [-0.05, 0) is 19.1 Å². The van der Waals surface area contributed by atoms with Crippen LogP contribution in [0.15, 0.2) is 23.9 Å². The van der Waals surface area contributed by atoms with E-state index in [1.807, 2.05) is 0 Å². The molecule has 0 saturated heterocycles. The standard InChI is InChI=1S/C8H13N3O2/c1-2-13-8(12)6-4-3-5-11(10)7(6)9/h3-5,7H,2,9-10H2,1H3. The molecule has 0 spiro atoms. The van der Waals surface area contributed by atoms with Gasteiger partial charge >= 0.3 is 5.97 Å². The second-order valence-corrected chi connectivity index (χ2v) is 2.58. The first kappa shape index (κ1) is 9.76. The average molecular weight is 183 g/mol. The van der Waals surface area contributed by atoms with E-state index in [2.05, 4.69) is 0 Å². The second-order valence-electron chi connectivity index (χ2n) is 2.58. The predicted octanol–water partition coefficient (Wildman–Crippen LogP) is -0.536. The van der Waals surface area contributed by atoms with Crippen molar-refractivity contribution in [3.05, 3.63) is 23.9 Å². The topological polar surface area (TPSA) is 81.6 Å². The van der Waals surface area contributed by atoms with Crippen LogP contribution in [0.25, 0.3) is 0 Å². The van der Waals surface area contributed by atoms with Crippen LogP contribution >= 0.6 is 0 Å². The van der Waals surface area contributed by atoms with Crippen molar-refractivity contribution in [1.82, 2.24) is 5.01 Å². The summed E-state index contributed by atoms with van der Waals surface area (Å²) in [5, 5.41) is 1.26. The SMILES string of the molecule is CCOC(=O)C1=CC=CN(N)C1N. The van der Waals surface area contributed by atoms with Crippen LogP contribution in [-0.4, -0.2) is 23.8 Å². The molecule has 0 aromatic rings. The molecule has 4 N–H and O–H groups in total. The second kappa shape index (κ2) is 4.06. The quantitative estimate of drug-likeness (QED) is 0.444. The molecule has 13 heavy (non-hydrogen) atoms. The number of nitrogens with two attached hydrogens (primary N) is 2. The summed E-state index contributed by atoms with van der Waals surface area (Å²) in [7, 11) is 0. The monoisotopic (exact) mass is 183 g/mol. The van der Waals surface area contributed by atoms with Gasteiger partial charge < -0.3 is 10.5 Å². The minimum Gasteiger partial charge on any atom is -0.463 e. The van der Waals surface area contributed by atoms with Gasteiger partial charge in [-0.15, -0.1) is 0 Å². The lowest BCUT2D eigenvalue weighted by atomic mass is 10.1. The van der Waals surface area contributed by atoms with Crippen molar-refractivity contribution >= 4 is 5.97 Å². The van der Waals surface area contributed by atoms with Crippen LogP contribution in [0, 0.1) is 0 Å². The van der Waals surface area contributed by atoms with Crippen molar-refractivity contribution < 1.29 is 9.53 Å². The van der Waals surface area contributed by atoms with Gasteiger partial charge in [0.25, 0.3) is 0 Å². The zero-order chi connectivity index (χ0) is 9.84. The molecule has 0 bridgehead atoms. The highest BCUT2D eigenvalue weighted by atomic mass is 16.5. The Hall–Kier alpha value is -1.33. The van der Waals surface area contributed by atoms with E-state index in [0.717, 1.165) is 0 Å². The number of hydrogen-bond acceptors (Lipinski definition) is 5. The average Bonchev–Trinajstić information content (AvgIpc) is 2.10. The Morgan fingerprint density at radius 1 is 1.77 bits per heavy atom. The highest BCUT2D eigenvalue weighted by molar-refractivity contribution is 5.90. The van der Waals surface area contributed by atoms with Gasteiger partial charge in [-0.2, -0.15) is 0 Å². The molecule has 1 atom stereocenters. The Morgan fingerprint density at radius 3 is 3.08 bits per heavy atom. The summed E-state index contributed by atoms with van der Waals surface area (Å²) >= 11 is 0. The lowest BCUT2D eigenvalue weighted by molar-refractivity contribution is -0.139. The molecule has 0 aromatic carbocycles. The lowest BCUT2D eigenvalue weighted by Crippen LogP contribution is -2.47. The molecule has 1 aliphatic heterocycles. The first-order valence-corrected chi connectivity index (χ1v) is 4.01. The van der Waals surface area contributed by atoms with Crippen molar-refractivity contribution in [3.63, 3.8) is 0 Å². The molecule has 1 rings (SSSR count). The molecule has 0 fully saturated rings. The Kier molecular flexibility index (Phi) is 3.05. The highest BCUT2D eigenvalue weighted by Gasteiger charge is 2.22. The van der Waals surface area contributed by atoms with E-state index < -0.39 is 12.1 Å². The summed E-state index contributed by atoms with van der Waals surface area (Å²) in [6, 6.07) is 0. The lowest BCUT2D eigenvalue weighted by Gasteiger charge is -2.25. The first-order chi connectivity index (χ1) is 6.16. The maximum atomic E-state index is 11.3. The fraction of sp³-hybridized carbons (Fsp3) is 0.375. The van der Waals surface area contributed by atoms with Crippen LogP contribution < -0.4 is 11.6 Å². The summed E-state index contributed by atoms with van der Waals surface area (Å²) < 4.78 is 4.80. The zero-order valence-electron chi connectivity index (χ0n) is 7.43. The van der Waals surface area contributed by atoms with Crippen molar-refractivity contribution in [3.8, 4) is 0 Å². The van der Waals surface area contributed by atoms with E-state index in [4.69, 9.17) is 16.3 Å². The number of ether oxygens (including phenoxy) is 1. The molecule has 1 unspecified atom stereocenters. The molecule has 1 aliphatic rings. The molecular weight excluding hydrogens is 170 g/mol. The maximum absolute atomic E-state index is 11.3. The van der Waals surface area contributed by atoms with E-state index in [0.29, 0.717) is 12.2 Å². The van der Waals surface area contributed by atoms with Crippen LogP contribution in [0.4, 0.5) is 0 Å². The van der Waals surface area contributed by atoms with E-state index in [-0.39, 0.29) is 0 Å². The van der Waals surface area contributed by atoms with Gasteiger partial charge in [-0.25, -0.2) is 10.6 Å². The van der Waals surface area contributed by atoms with Crippen LogP contribution in [0.3, 0.4) is 0 Å². The van der Waals surface area contributed by atoms with Crippen LogP contribution in [0.2, 0.25) is 0 Å². The van der Waals surface area contributed by atoms with Crippen LogP contribution in [-0.2, 0) is 9.53 Å². The number of hydrazine groups is 1. The van der Waals surface area contributed by atoms with E-state index in [1.54, 1.807) is 25.3 Å². The number of allylic oxidation sites excluding steroid dienone is 2. The smallest absolute Gasteiger partial charge is 0.337 e.